The van der Waals surface area contributed by atoms with Crippen molar-refractivity contribution in [1.29, 1.82) is 0 Å². The number of aliphatic carboxylic acids is 1. The molecule has 0 spiro atoms. The lowest BCUT2D eigenvalue weighted by molar-refractivity contribution is -0.138. The fourth-order valence-corrected chi connectivity index (χ4v) is 2.24. The molecule has 1 aromatic rings. The van der Waals surface area contributed by atoms with Crippen molar-refractivity contribution in [3.05, 3.63) is 29.8 Å². The minimum absolute atomic E-state index is 0.248. The summed E-state index contributed by atoms with van der Waals surface area (Å²) in [7, 11) is 2.84. The van der Waals surface area contributed by atoms with E-state index in [0.29, 0.717) is 5.75 Å². The molecular formula is C11H16NO5PS. The van der Waals surface area contributed by atoms with Gasteiger partial charge in [0, 0.05) is 26.0 Å². The molecule has 0 aliphatic heterocycles. The van der Waals surface area contributed by atoms with Crippen LogP contribution in [0.25, 0.3) is 0 Å². The lowest BCUT2D eigenvalue weighted by Crippen LogP contribution is -2.32. The Morgan fingerprint density at radius 3 is 2.32 bits per heavy atom. The Bertz CT molecular complexity index is 470. The maximum absolute atomic E-state index is 10.6. The van der Waals surface area contributed by atoms with Gasteiger partial charge in [0.05, 0.1) is 0 Å². The summed E-state index contributed by atoms with van der Waals surface area (Å²) in [6.45, 7) is -2.75. The molecule has 8 heteroatoms. The van der Waals surface area contributed by atoms with Crippen molar-refractivity contribution in [3.8, 4) is 5.75 Å². The van der Waals surface area contributed by atoms with E-state index in [2.05, 4.69) is 0 Å². The van der Waals surface area contributed by atoms with Crippen LogP contribution in [0.3, 0.4) is 0 Å². The van der Waals surface area contributed by atoms with Crippen molar-refractivity contribution >= 4 is 24.5 Å². The van der Waals surface area contributed by atoms with Gasteiger partial charge in [0.2, 0.25) is 0 Å². The van der Waals surface area contributed by atoms with E-state index in [0.717, 1.165) is 5.56 Å². The average Bonchev–Trinajstić information content (AvgIpc) is 2.40. The molecule has 0 amide bonds. The lowest BCUT2D eigenvalue weighted by atomic mass is 10.1. The van der Waals surface area contributed by atoms with Gasteiger partial charge in [-0.1, -0.05) is 12.1 Å². The van der Waals surface area contributed by atoms with Crippen molar-refractivity contribution in [3.63, 3.8) is 0 Å². The van der Waals surface area contributed by atoms with E-state index in [1.165, 1.54) is 14.2 Å². The van der Waals surface area contributed by atoms with Gasteiger partial charge < -0.3 is 24.4 Å². The van der Waals surface area contributed by atoms with Gasteiger partial charge in [0.15, 0.2) is 0 Å². The third kappa shape index (κ3) is 4.89. The molecule has 6 nitrogen and oxygen atoms in total. The highest BCUT2D eigenvalue weighted by Crippen LogP contribution is 2.48. The van der Waals surface area contributed by atoms with Crippen molar-refractivity contribution in [2.45, 2.75) is 12.5 Å². The summed E-state index contributed by atoms with van der Waals surface area (Å²) in [5.74, 6) is -0.533. The second-order valence-electron chi connectivity index (χ2n) is 3.70. The van der Waals surface area contributed by atoms with Crippen molar-refractivity contribution < 1.29 is 23.5 Å². The van der Waals surface area contributed by atoms with Crippen molar-refractivity contribution in [1.82, 2.24) is 0 Å². The van der Waals surface area contributed by atoms with Crippen LogP contribution in [0.5, 0.6) is 5.75 Å². The zero-order valence-electron chi connectivity index (χ0n) is 10.6. The van der Waals surface area contributed by atoms with Crippen LogP contribution < -0.4 is 10.3 Å². The zero-order chi connectivity index (χ0) is 14.5. The van der Waals surface area contributed by atoms with E-state index in [4.69, 9.17) is 36.2 Å². The predicted molar refractivity (Wildman–Crippen MR) is 74.7 cm³/mol. The number of carboxylic acid groups (broad SMARTS) is 1. The number of benzene rings is 1. The van der Waals surface area contributed by atoms with E-state index in [9.17, 15) is 4.79 Å². The van der Waals surface area contributed by atoms with Gasteiger partial charge in [-0.25, -0.2) is 0 Å². The highest BCUT2D eigenvalue weighted by atomic mass is 32.5. The molecule has 0 bridgehead atoms. The predicted octanol–water partition coefficient (Wildman–Crippen LogP) is 1.54. The Morgan fingerprint density at radius 1 is 1.37 bits per heavy atom. The Morgan fingerprint density at radius 2 is 1.89 bits per heavy atom. The number of hydrogen-bond acceptors (Lipinski definition) is 6. The fraction of sp³-hybridized carbons (Fsp3) is 0.364. The van der Waals surface area contributed by atoms with Gasteiger partial charge in [0.1, 0.15) is 11.8 Å². The van der Waals surface area contributed by atoms with Gasteiger partial charge in [-0.15, -0.1) is 0 Å². The molecule has 0 saturated carbocycles. The monoisotopic (exact) mass is 305 g/mol. The second-order valence-corrected chi connectivity index (χ2v) is 6.85. The smallest absolute Gasteiger partial charge is 0.380 e. The van der Waals surface area contributed by atoms with Crippen LogP contribution in [0.15, 0.2) is 24.3 Å². The summed E-state index contributed by atoms with van der Waals surface area (Å²) >= 11 is 5.07. The van der Waals surface area contributed by atoms with E-state index in [-0.39, 0.29) is 6.42 Å². The van der Waals surface area contributed by atoms with Crippen molar-refractivity contribution in [2.75, 3.05) is 14.2 Å². The highest BCUT2D eigenvalue weighted by Gasteiger charge is 2.18. The molecule has 0 fully saturated rings. The largest absolute Gasteiger partial charge is 0.480 e. The number of carbonyl (C=O) groups is 1. The molecule has 1 aromatic carbocycles. The van der Waals surface area contributed by atoms with E-state index in [1.807, 2.05) is 0 Å². The summed E-state index contributed by atoms with van der Waals surface area (Å²) in [5.41, 5.74) is 6.25. The summed E-state index contributed by atoms with van der Waals surface area (Å²) < 4.78 is 15.4. The molecule has 0 aliphatic rings. The number of rotatable bonds is 7. The van der Waals surface area contributed by atoms with E-state index >= 15 is 0 Å². The van der Waals surface area contributed by atoms with Crippen LogP contribution in [-0.4, -0.2) is 31.3 Å². The molecule has 0 aliphatic carbocycles. The Hall–Kier alpha value is -0.980. The minimum Gasteiger partial charge on any atom is -0.480 e. The van der Waals surface area contributed by atoms with Crippen LogP contribution >= 0.6 is 6.72 Å². The first kappa shape index (κ1) is 16.1. The maximum Gasteiger partial charge on any atom is 0.380 e. The van der Waals surface area contributed by atoms with E-state index < -0.39 is 18.7 Å². The summed E-state index contributed by atoms with van der Waals surface area (Å²) in [5, 5.41) is 8.72. The third-order valence-corrected chi connectivity index (χ3v) is 4.81. The Kier molecular flexibility index (Phi) is 5.90. The summed E-state index contributed by atoms with van der Waals surface area (Å²) in [4.78, 5) is 10.6. The Balaban J connectivity index is 2.72. The third-order valence-electron chi connectivity index (χ3n) is 2.36. The zero-order valence-corrected chi connectivity index (χ0v) is 12.3. The molecule has 0 saturated heterocycles. The Labute approximate surface area is 116 Å². The molecule has 0 unspecified atom stereocenters. The van der Waals surface area contributed by atoms with Crippen LogP contribution in [0.2, 0.25) is 0 Å². The number of nitrogens with two attached hydrogens (primary N) is 1. The normalized spacial score (nSPS) is 13.0. The fourth-order valence-electron chi connectivity index (χ4n) is 1.31. The van der Waals surface area contributed by atoms with Gasteiger partial charge in [-0.3, -0.25) is 4.79 Å². The van der Waals surface area contributed by atoms with Crippen LogP contribution in [0, 0.1) is 0 Å². The molecule has 0 heterocycles. The topological polar surface area (TPSA) is 91.0 Å². The summed E-state index contributed by atoms with van der Waals surface area (Å²) in [6.07, 6.45) is 0.248. The van der Waals surface area contributed by atoms with Gasteiger partial charge in [-0.05, 0) is 24.1 Å². The number of hydrogen-bond donors (Lipinski definition) is 2. The molecule has 106 valence electrons. The van der Waals surface area contributed by atoms with Crippen LogP contribution in [-0.2, 0) is 32.1 Å². The minimum atomic E-state index is -2.75. The molecule has 1 rings (SSSR count). The SMILES string of the molecule is COP(=S)(OC)Oc1ccc(C[C@H](N)C(=O)O)cc1. The second kappa shape index (κ2) is 6.98. The molecule has 3 N–H and O–H groups in total. The average molecular weight is 305 g/mol. The molecule has 0 radical (unpaired) electrons. The molecule has 19 heavy (non-hydrogen) atoms. The van der Waals surface area contributed by atoms with Crippen molar-refractivity contribution in [2.24, 2.45) is 5.73 Å². The van der Waals surface area contributed by atoms with Crippen LogP contribution in [0.4, 0.5) is 0 Å². The molecular weight excluding hydrogens is 289 g/mol. The summed E-state index contributed by atoms with van der Waals surface area (Å²) in [6, 6.07) is 5.87. The van der Waals surface area contributed by atoms with Gasteiger partial charge in [-0.2, -0.15) is 0 Å². The lowest BCUT2D eigenvalue weighted by Gasteiger charge is -2.18. The van der Waals surface area contributed by atoms with Gasteiger partial charge >= 0.3 is 12.7 Å². The first-order valence-electron chi connectivity index (χ1n) is 5.38. The first-order valence-corrected chi connectivity index (χ1v) is 7.94. The molecule has 0 aromatic heterocycles. The van der Waals surface area contributed by atoms with E-state index in [1.54, 1.807) is 24.3 Å². The number of carboxylic acids is 1. The molecule has 1 atom stereocenters. The highest BCUT2D eigenvalue weighted by molar-refractivity contribution is 8.07. The van der Waals surface area contributed by atoms with Crippen LogP contribution in [0.1, 0.15) is 5.56 Å². The quantitative estimate of drug-likeness (QED) is 0.738. The first-order chi connectivity index (χ1) is 8.90. The van der Waals surface area contributed by atoms with Gasteiger partial charge in [0.25, 0.3) is 0 Å². The maximum atomic E-state index is 10.6. The standard InChI is InChI=1S/C11H16NO5PS/c1-15-18(19,16-2)17-9-5-3-8(4-6-9)7-10(12)11(13)14/h3-6,10H,7,12H2,1-2H3,(H,13,14)/t10-/m0/s1.